The fourth-order valence-corrected chi connectivity index (χ4v) is 2.19. The molecule has 0 aliphatic carbocycles. The third kappa shape index (κ3) is 3.52. The van der Waals surface area contributed by atoms with Crippen LogP contribution in [0.3, 0.4) is 0 Å². The molecule has 1 aliphatic heterocycles. The SMILES string of the molecule is C[C@H](C(=O)Nc1cc(F)ccc1F)N1CCO[C@@H](C)C1. The summed E-state index contributed by atoms with van der Waals surface area (Å²) in [5.41, 5.74) is -0.136. The monoisotopic (exact) mass is 284 g/mol. The average Bonchev–Trinajstić information content (AvgIpc) is 2.42. The number of ether oxygens (including phenoxy) is 1. The lowest BCUT2D eigenvalue weighted by Gasteiger charge is -2.34. The maximum atomic E-state index is 13.5. The van der Waals surface area contributed by atoms with Gasteiger partial charge in [-0.15, -0.1) is 0 Å². The summed E-state index contributed by atoms with van der Waals surface area (Å²) in [6.45, 7) is 5.52. The molecule has 1 amide bonds. The van der Waals surface area contributed by atoms with Gasteiger partial charge in [-0.1, -0.05) is 0 Å². The van der Waals surface area contributed by atoms with Gasteiger partial charge >= 0.3 is 0 Å². The highest BCUT2D eigenvalue weighted by atomic mass is 19.1. The van der Waals surface area contributed by atoms with E-state index >= 15 is 0 Å². The first-order chi connectivity index (χ1) is 9.47. The van der Waals surface area contributed by atoms with Crippen LogP contribution in [0.4, 0.5) is 14.5 Å². The highest BCUT2D eigenvalue weighted by molar-refractivity contribution is 5.94. The smallest absolute Gasteiger partial charge is 0.241 e. The molecule has 110 valence electrons. The van der Waals surface area contributed by atoms with Crippen molar-refractivity contribution in [3.63, 3.8) is 0 Å². The summed E-state index contributed by atoms with van der Waals surface area (Å²) in [6, 6.07) is 2.55. The molecule has 1 saturated heterocycles. The number of rotatable bonds is 3. The zero-order chi connectivity index (χ0) is 14.7. The Kier molecular flexibility index (Phi) is 4.67. The Morgan fingerprint density at radius 1 is 1.50 bits per heavy atom. The molecule has 0 radical (unpaired) electrons. The molecule has 0 aromatic heterocycles. The first-order valence-corrected chi connectivity index (χ1v) is 6.59. The van der Waals surface area contributed by atoms with E-state index in [9.17, 15) is 13.6 Å². The van der Waals surface area contributed by atoms with Crippen molar-refractivity contribution in [1.29, 1.82) is 0 Å². The summed E-state index contributed by atoms with van der Waals surface area (Å²) in [5.74, 6) is -1.60. The van der Waals surface area contributed by atoms with Crippen LogP contribution in [0, 0.1) is 11.6 Å². The number of amides is 1. The maximum Gasteiger partial charge on any atom is 0.241 e. The van der Waals surface area contributed by atoms with Gasteiger partial charge in [-0.05, 0) is 26.0 Å². The first-order valence-electron chi connectivity index (χ1n) is 6.59. The topological polar surface area (TPSA) is 41.6 Å². The second kappa shape index (κ2) is 6.28. The lowest BCUT2D eigenvalue weighted by Crippen LogP contribution is -2.50. The molecule has 1 aromatic carbocycles. The van der Waals surface area contributed by atoms with E-state index in [-0.39, 0.29) is 17.7 Å². The number of morpholine rings is 1. The molecule has 0 unspecified atom stereocenters. The fraction of sp³-hybridized carbons (Fsp3) is 0.500. The summed E-state index contributed by atoms with van der Waals surface area (Å²) >= 11 is 0. The van der Waals surface area contributed by atoms with Gasteiger partial charge < -0.3 is 10.1 Å². The standard InChI is InChI=1S/C14H18F2N2O2/c1-9-8-18(5-6-20-9)10(2)14(19)17-13-7-11(15)3-4-12(13)16/h3-4,7,9-10H,5-6,8H2,1-2H3,(H,17,19)/t9-,10+/m0/s1. The predicted molar refractivity (Wildman–Crippen MR) is 71.4 cm³/mol. The van der Waals surface area contributed by atoms with E-state index in [2.05, 4.69) is 5.32 Å². The van der Waals surface area contributed by atoms with E-state index in [1.165, 1.54) is 0 Å². The van der Waals surface area contributed by atoms with Gasteiger partial charge in [0.05, 0.1) is 24.4 Å². The largest absolute Gasteiger partial charge is 0.376 e. The molecule has 1 heterocycles. The summed E-state index contributed by atoms with van der Waals surface area (Å²) in [6.07, 6.45) is 0.0601. The molecule has 0 bridgehead atoms. The van der Waals surface area contributed by atoms with E-state index in [1.54, 1.807) is 6.92 Å². The van der Waals surface area contributed by atoms with Crippen LogP contribution < -0.4 is 5.32 Å². The van der Waals surface area contributed by atoms with Gasteiger partial charge in [0.1, 0.15) is 11.6 Å². The third-order valence-electron chi connectivity index (χ3n) is 3.39. The van der Waals surface area contributed by atoms with Crippen LogP contribution >= 0.6 is 0 Å². The van der Waals surface area contributed by atoms with Crippen molar-refractivity contribution in [3.05, 3.63) is 29.8 Å². The number of nitrogens with zero attached hydrogens (tertiary/aromatic N) is 1. The molecule has 1 N–H and O–H groups in total. The Balaban J connectivity index is 2.02. The zero-order valence-corrected chi connectivity index (χ0v) is 11.5. The number of hydrogen-bond donors (Lipinski definition) is 1. The predicted octanol–water partition coefficient (Wildman–Crippen LogP) is 2.01. The highest BCUT2D eigenvalue weighted by Crippen LogP contribution is 2.17. The quantitative estimate of drug-likeness (QED) is 0.923. The summed E-state index contributed by atoms with van der Waals surface area (Å²) in [7, 11) is 0. The lowest BCUT2D eigenvalue weighted by atomic mass is 10.2. The van der Waals surface area contributed by atoms with Gasteiger partial charge in [-0.3, -0.25) is 9.69 Å². The Morgan fingerprint density at radius 2 is 2.25 bits per heavy atom. The summed E-state index contributed by atoms with van der Waals surface area (Å²) in [5, 5.41) is 2.43. The van der Waals surface area contributed by atoms with Crippen molar-refractivity contribution >= 4 is 11.6 Å². The van der Waals surface area contributed by atoms with Crippen molar-refractivity contribution in [2.45, 2.75) is 26.0 Å². The van der Waals surface area contributed by atoms with Crippen molar-refractivity contribution in [3.8, 4) is 0 Å². The van der Waals surface area contributed by atoms with E-state index in [4.69, 9.17) is 4.74 Å². The van der Waals surface area contributed by atoms with Crippen LogP contribution in [-0.4, -0.2) is 42.6 Å². The van der Waals surface area contributed by atoms with Gasteiger partial charge in [0.25, 0.3) is 0 Å². The lowest BCUT2D eigenvalue weighted by molar-refractivity contribution is -0.123. The molecule has 1 aromatic rings. The van der Waals surface area contributed by atoms with E-state index in [0.717, 1.165) is 18.2 Å². The average molecular weight is 284 g/mol. The van der Waals surface area contributed by atoms with Crippen LogP contribution in [0.25, 0.3) is 0 Å². The van der Waals surface area contributed by atoms with Crippen LogP contribution in [0.1, 0.15) is 13.8 Å². The molecule has 1 fully saturated rings. The van der Waals surface area contributed by atoms with E-state index in [0.29, 0.717) is 19.7 Å². The minimum Gasteiger partial charge on any atom is -0.376 e. The molecule has 0 saturated carbocycles. The zero-order valence-electron chi connectivity index (χ0n) is 11.5. The van der Waals surface area contributed by atoms with Crippen molar-refractivity contribution in [1.82, 2.24) is 4.90 Å². The van der Waals surface area contributed by atoms with E-state index < -0.39 is 17.7 Å². The summed E-state index contributed by atoms with van der Waals surface area (Å²) in [4.78, 5) is 14.1. The molecule has 20 heavy (non-hydrogen) atoms. The highest BCUT2D eigenvalue weighted by Gasteiger charge is 2.26. The number of carbonyl (C=O) groups excluding carboxylic acids is 1. The number of nitrogens with one attached hydrogen (secondary N) is 1. The third-order valence-corrected chi connectivity index (χ3v) is 3.39. The number of carbonyl (C=O) groups is 1. The molecule has 2 atom stereocenters. The van der Waals surface area contributed by atoms with Gasteiger partial charge in [0.15, 0.2) is 0 Å². The number of hydrogen-bond acceptors (Lipinski definition) is 3. The molecule has 1 aliphatic rings. The van der Waals surface area contributed by atoms with Crippen LogP contribution in [0.5, 0.6) is 0 Å². The Morgan fingerprint density at radius 3 is 2.95 bits per heavy atom. The second-order valence-corrected chi connectivity index (χ2v) is 4.97. The van der Waals surface area contributed by atoms with Crippen molar-refractivity contribution in [2.75, 3.05) is 25.0 Å². The molecule has 4 nitrogen and oxygen atoms in total. The molecule has 0 spiro atoms. The minimum absolute atomic E-state index is 0.0601. The Bertz CT molecular complexity index is 496. The van der Waals surface area contributed by atoms with E-state index in [1.807, 2.05) is 11.8 Å². The maximum absolute atomic E-state index is 13.5. The number of benzene rings is 1. The van der Waals surface area contributed by atoms with Crippen molar-refractivity contribution in [2.24, 2.45) is 0 Å². The summed E-state index contributed by atoms with van der Waals surface area (Å²) < 4.78 is 32.0. The van der Waals surface area contributed by atoms with Crippen LogP contribution in [0.2, 0.25) is 0 Å². The molecular formula is C14H18F2N2O2. The van der Waals surface area contributed by atoms with Crippen molar-refractivity contribution < 1.29 is 18.3 Å². The van der Waals surface area contributed by atoms with Crippen LogP contribution in [-0.2, 0) is 9.53 Å². The molecule has 6 heteroatoms. The number of halogens is 2. The fourth-order valence-electron chi connectivity index (χ4n) is 2.19. The van der Waals surface area contributed by atoms with Gasteiger partial charge in [-0.25, -0.2) is 8.78 Å². The Labute approximate surface area is 116 Å². The van der Waals surface area contributed by atoms with Gasteiger partial charge in [0, 0.05) is 19.2 Å². The van der Waals surface area contributed by atoms with Gasteiger partial charge in [-0.2, -0.15) is 0 Å². The molecule has 2 rings (SSSR count). The van der Waals surface area contributed by atoms with Crippen LogP contribution in [0.15, 0.2) is 18.2 Å². The second-order valence-electron chi connectivity index (χ2n) is 4.97. The Hall–Kier alpha value is -1.53. The number of anilines is 1. The normalized spacial score (nSPS) is 21.5. The minimum atomic E-state index is -0.651. The first kappa shape index (κ1) is 14.9. The van der Waals surface area contributed by atoms with Gasteiger partial charge in [0.2, 0.25) is 5.91 Å². The molecular weight excluding hydrogens is 266 g/mol.